The highest BCUT2D eigenvalue weighted by Crippen LogP contribution is 2.26. The second-order valence-electron chi connectivity index (χ2n) is 6.30. The number of halogens is 2. The molecule has 0 bridgehead atoms. The smallest absolute Gasteiger partial charge is 0.225 e. The van der Waals surface area contributed by atoms with Crippen LogP contribution < -0.4 is 16.2 Å². The van der Waals surface area contributed by atoms with Crippen molar-refractivity contribution in [3.05, 3.63) is 58.8 Å². The zero-order valence-corrected chi connectivity index (χ0v) is 17.1. The Labute approximate surface area is 174 Å². The van der Waals surface area contributed by atoms with Gasteiger partial charge >= 0.3 is 0 Å². The summed E-state index contributed by atoms with van der Waals surface area (Å²) in [5.74, 6) is 1.13. The molecule has 0 aliphatic carbocycles. The lowest BCUT2D eigenvalue weighted by atomic mass is 10.2. The van der Waals surface area contributed by atoms with Crippen molar-refractivity contribution in [2.24, 2.45) is 0 Å². The molecule has 0 atom stereocenters. The fraction of sp³-hybridized carbons (Fsp3) is 0.211. The van der Waals surface area contributed by atoms with Crippen LogP contribution in [-0.2, 0) is 0 Å². The van der Waals surface area contributed by atoms with Crippen molar-refractivity contribution in [3.63, 3.8) is 0 Å². The molecule has 7 nitrogen and oxygen atoms in total. The van der Waals surface area contributed by atoms with Crippen molar-refractivity contribution in [1.82, 2.24) is 19.9 Å². The monoisotopic (exact) mass is 417 g/mol. The third-order valence-corrected chi connectivity index (χ3v) is 4.35. The van der Waals surface area contributed by atoms with Crippen LogP contribution in [0.3, 0.4) is 0 Å². The van der Waals surface area contributed by atoms with Crippen LogP contribution in [0.25, 0.3) is 11.3 Å². The molecule has 3 rings (SSSR count). The van der Waals surface area contributed by atoms with E-state index in [1.165, 1.54) is 0 Å². The number of nitrogens with one attached hydrogen (secondary N) is 3. The maximum atomic E-state index is 6.21. The van der Waals surface area contributed by atoms with Gasteiger partial charge in [-0.05, 0) is 44.4 Å². The van der Waals surface area contributed by atoms with Crippen molar-refractivity contribution in [2.75, 3.05) is 43.4 Å². The van der Waals surface area contributed by atoms with Crippen LogP contribution in [0.15, 0.2) is 48.8 Å². The molecule has 0 saturated heterocycles. The number of hydrogen-bond donors (Lipinski definition) is 3. The maximum absolute atomic E-state index is 6.21. The van der Waals surface area contributed by atoms with Gasteiger partial charge in [-0.2, -0.15) is 4.98 Å². The van der Waals surface area contributed by atoms with E-state index in [-0.39, 0.29) is 0 Å². The lowest BCUT2D eigenvalue weighted by Gasteiger charge is -2.14. The molecule has 0 unspecified atom stereocenters. The van der Waals surface area contributed by atoms with E-state index >= 15 is 0 Å². The van der Waals surface area contributed by atoms with Crippen LogP contribution in [0, 0.1) is 0 Å². The summed E-state index contributed by atoms with van der Waals surface area (Å²) in [6.07, 6.45) is 3.46. The average molecular weight is 418 g/mol. The third-order valence-electron chi connectivity index (χ3n) is 3.80. The number of pyridine rings is 1. The van der Waals surface area contributed by atoms with E-state index in [9.17, 15) is 0 Å². The first-order valence-electron chi connectivity index (χ1n) is 8.66. The van der Waals surface area contributed by atoms with E-state index in [2.05, 4.69) is 36.0 Å². The molecule has 146 valence electrons. The Bertz CT molecular complexity index is 919. The Hall–Kier alpha value is -2.61. The van der Waals surface area contributed by atoms with Gasteiger partial charge in [0.15, 0.2) is 5.82 Å². The van der Waals surface area contributed by atoms with Crippen molar-refractivity contribution in [3.8, 4) is 11.3 Å². The van der Waals surface area contributed by atoms with Crippen molar-refractivity contribution >= 4 is 40.7 Å². The summed E-state index contributed by atoms with van der Waals surface area (Å²) in [7, 11) is 4.03. The summed E-state index contributed by atoms with van der Waals surface area (Å²) < 4.78 is 0. The zero-order chi connectivity index (χ0) is 19.9. The van der Waals surface area contributed by atoms with E-state index < -0.39 is 0 Å². The summed E-state index contributed by atoms with van der Waals surface area (Å²) in [4.78, 5) is 15.3. The number of hydrazine groups is 1. The van der Waals surface area contributed by atoms with Gasteiger partial charge in [0.25, 0.3) is 0 Å². The van der Waals surface area contributed by atoms with Gasteiger partial charge in [-0.3, -0.25) is 15.8 Å². The predicted molar refractivity (Wildman–Crippen MR) is 116 cm³/mol. The molecular weight excluding hydrogens is 397 g/mol. The number of nitrogens with zero attached hydrogens (tertiary/aromatic N) is 4. The molecule has 2 heterocycles. The lowest BCUT2D eigenvalue weighted by Crippen LogP contribution is -2.22. The normalized spacial score (nSPS) is 10.8. The number of rotatable bonds is 8. The Kier molecular flexibility index (Phi) is 6.86. The Morgan fingerprint density at radius 1 is 0.964 bits per heavy atom. The van der Waals surface area contributed by atoms with Gasteiger partial charge in [-0.1, -0.05) is 23.2 Å². The molecule has 3 N–H and O–H groups in total. The van der Waals surface area contributed by atoms with Crippen molar-refractivity contribution < 1.29 is 0 Å². The number of aromatic nitrogens is 3. The Balaban J connectivity index is 1.81. The molecule has 0 aliphatic heterocycles. The van der Waals surface area contributed by atoms with Crippen LogP contribution in [0.1, 0.15) is 0 Å². The quantitative estimate of drug-likeness (QED) is 0.472. The molecule has 3 aromatic rings. The summed E-state index contributed by atoms with van der Waals surface area (Å²) in [6, 6.07) is 10.9. The molecule has 2 aromatic heterocycles. The van der Waals surface area contributed by atoms with E-state index in [0.717, 1.165) is 24.3 Å². The van der Waals surface area contributed by atoms with Gasteiger partial charge in [-0.15, -0.1) is 0 Å². The minimum Gasteiger partial charge on any atom is -0.353 e. The minimum atomic E-state index is 0.507. The van der Waals surface area contributed by atoms with Crippen molar-refractivity contribution in [1.29, 1.82) is 0 Å². The van der Waals surface area contributed by atoms with Gasteiger partial charge < -0.3 is 10.2 Å². The topological polar surface area (TPSA) is 78.0 Å². The number of hydrogen-bond acceptors (Lipinski definition) is 7. The van der Waals surface area contributed by atoms with Crippen LogP contribution in [0.4, 0.5) is 17.5 Å². The predicted octanol–water partition coefficient (Wildman–Crippen LogP) is 4.26. The first kappa shape index (κ1) is 20.1. The van der Waals surface area contributed by atoms with Crippen LogP contribution in [-0.4, -0.2) is 47.0 Å². The fourth-order valence-electron chi connectivity index (χ4n) is 2.37. The molecule has 28 heavy (non-hydrogen) atoms. The second-order valence-corrected chi connectivity index (χ2v) is 7.15. The summed E-state index contributed by atoms with van der Waals surface area (Å²) in [6.45, 7) is 1.59. The van der Waals surface area contributed by atoms with Gasteiger partial charge in [0, 0.05) is 42.1 Å². The first-order chi connectivity index (χ1) is 13.5. The average Bonchev–Trinajstić information content (AvgIpc) is 2.67. The first-order valence-corrected chi connectivity index (χ1v) is 9.42. The highest BCUT2D eigenvalue weighted by atomic mass is 35.5. The number of likely N-dealkylation sites (N-methyl/N-ethyl adjacent to an activating group) is 1. The SMILES string of the molecule is CN(C)CCNc1nc(NNc2ccc(Cl)cc2Cl)cc(-c2ccncc2)n1. The molecule has 9 heteroatoms. The van der Waals surface area contributed by atoms with Crippen molar-refractivity contribution in [2.45, 2.75) is 0 Å². The molecular formula is C19H21Cl2N7. The number of benzene rings is 1. The van der Waals surface area contributed by atoms with E-state index in [0.29, 0.717) is 27.5 Å². The molecule has 0 aliphatic rings. The van der Waals surface area contributed by atoms with E-state index in [1.807, 2.05) is 32.3 Å². The standard InChI is InChI=1S/C19H21Cl2N7/c1-28(2)10-9-23-19-24-17(13-5-7-22-8-6-13)12-18(25-19)27-26-16-4-3-14(20)11-15(16)21/h3-8,11-12,26H,9-10H2,1-2H3,(H2,23,24,25,27). The minimum absolute atomic E-state index is 0.507. The van der Waals surface area contributed by atoms with Gasteiger partial charge in [0.05, 0.1) is 16.4 Å². The van der Waals surface area contributed by atoms with Gasteiger partial charge in [0.2, 0.25) is 5.95 Å². The third kappa shape index (κ3) is 5.69. The van der Waals surface area contributed by atoms with Crippen LogP contribution >= 0.6 is 23.2 Å². The lowest BCUT2D eigenvalue weighted by molar-refractivity contribution is 0.425. The van der Waals surface area contributed by atoms with E-state index in [4.69, 9.17) is 23.2 Å². The van der Waals surface area contributed by atoms with Crippen LogP contribution in [0.5, 0.6) is 0 Å². The summed E-state index contributed by atoms with van der Waals surface area (Å²) >= 11 is 12.2. The summed E-state index contributed by atoms with van der Waals surface area (Å²) in [5.41, 5.74) is 8.55. The molecule has 0 amide bonds. The summed E-state index contributed by atoms with van der Waals surface area (Å²) in [5, 5.41) is 4.33. The highest BCUT2D eigenvalue weighted by molar-refractivity contribution is 6.36. The Morgan fingerprint density at radius 3 is 2.46 bits per heavy atom. The molecule has 0 radical (unpaired) electrons. The highest BCUT2D eigenvalue weighted by Gasteiger charge is 2.08. The fourth-order valence-corrected chi connectivity index (χ4v) is 2.83. The zero-order valence-electron chi connectivity index (χ0n) is 15.6. The van der Waals surface area contributed by atoms with E-state index in [1.54, 1.807) is 30.6 Å². The molecule has 1 aromatic carbocycles. The number of anilines is 3. The molecule has 0 spiro atoms. The largest absolute Gasteiger partial charge is 0.353 e. The van der Waals surface area contributed by atoms with Gasteiger partial charge in [0.1, 0.15) is 0 Å². The second kappa shape index (κ2) is 9.54. The molecule has 0 saturated carbocycles. The molecule has 0 fully saturated rings. The Morgan fingerprint density at radius 2 is 1.75 bits per heavy atom. The van der Waals surface area contributed by atoms with Gasteiger partial charge in [-0.25, -0.2) is 4.98 Å². The van der Waals surface area contributed by atoms with Crippen LogP contribution in [0.2, 0.25) is 10.0 Å². The maximum Gasteiger partial charge on any atom is 0.225 e.